The molecule has 2 heterocycles. The van der Waals surface area contributed by atoms with E-state index in [9.17, 15) is 14.7 Å². The van der Waals surface area contributed by atoms with Crippen molar-refractivity contribution in [3.05, 3.63) is 76.2 Å². The lowest BCUT2D eigenvalue weighted by Crippen LogP contribution is -2.27. The minimum Gasteiger partial charge on any atom is -0.477 e. The molecule has 0 saturated carbocycles. The Morgan fingerprint density at radius 2 is 1.90 bits per heavy atom. The second-order valence-electron chi connectivity index (χ2n) is 4.66. The molecular formula is C16H12N2O3. The largest absolute Gasteiger partial charge is 0.477 e. The van der Waals surface area contributed by atoms with Crippen molar-refractivity contribution in [2.75, 3.05) is 0 Å². The van der Waals surface area contributed by atoms with Gasteiger partial charge in [0.2, 0.25) is 0 Å². The summed E-state index contributed by atoms with van der Waals surface area (Å²) in [6, 6.07) is 14.2. The summed E-state index contributed by atoms with van der Waals surface area (Å²) in [4.78, 5) is 27.8. The lowest BCUT2D eigenvalue weighted by Gasteiger charge is -2.10. The first-order valence-electron chi connectivity index (χ1n) is 6.42. The number of aromatic carboxylic acids is 1. The van der Waals surface area contributed by atoms with Gasteiger partial charge in [-0.05, 0) is 23.8 Å². The van der Waals surface area contributed by atoms with Crippen molar-refractivity contribution < 1.29 is 9.90 Å². The number of rotatable bonds is 3. The molecule has 0 radical (unpaired) electrons. The van der Waals surface area contributed by atoms with Crippen molar-refractivity contribution in [2.24, 2.45) is 0 Å². The SMILES string of the molecule is O=C(O)c1cc2cccnc2n(Cc2ccccc2)c1=O. The van der Waals surface area contributed by atoms with Crippen molar-refractivity contribution >= 4 is 17.0 Å². The van der Waals surface area contributed by atoms with Crippen LogP contribution in [0.1, 0.15) is 15.9 Å². The third kappa shape index (κ3) is 2.41. The second kappa shape index (κ2) is 5.20. The lowest BCUT2D eigenvalue weighted by molar-refractivity contribution is 0.0694. The Bertz CT molecular complexity index is 870. The number of pyridine rings is 2. The van der Waals surface area contributed by atoms with E-state index >= 15 is 0 Å². The summed E-state index contributed by atoms with van der Waals surface area (Å²) in [6.45, 7) is 0.286. The maximum Gasteiger partial charge on any atom is 0.341 e. The van der Waals surface area contributed by atoms with Crippen LogP contribution in [0.2, 0.25) is 0 Å². The first kappa shape index (κ1) is 13.1. The van der Waals surface area contributed by atoms with Crippen LogP contribution in [0.5, 0.6) is 0 Å². The van der Waals surface area contributed by atoms with Gasteiger partial charge < -0.3 is 5.11 Å². The molecule has 2 aromatic heterocycles. The van der Waals surface area contributed by atoms with Gasteiger partial charge in [0.25, 0.3) is 5.56 Å². The summed E-state index contributed by atoms with van der Waals surface area (Å²) in [6.07, 6.45) is 1.59. The molecule has 0 atom stereocenters. The van der Waals surface area contributed by atoms with E-state index in [2.05, 4.69) is 4.98 Å². The molecule has 5 heteroatoms. The van der Waals surface area contributed by atoms with Gasteiger partial charge in [-0.25, -0.2) is 9.78 Å². The molecule has 3 aromatic rings. The Morgan fingerprint density at radius 1 is 1.14 bits per heavy atom. The van der Waals surface area contributed by atoms with Crippen molar-refractivity contribution in [1.82, 2.24) is 9.55 Å². The number of fused-ring (bicyclic) bond motifs is 1. The van der Waals surface area contributed by atoms with Gasteiger partial charge >= 0.3 is 5.97 Å². The maximum absolute atomic E-state index is 12.4. The summed E-state index contributed by atoms with van der Waals surface area (Å²) < 4.78 is 1.40. The number of benzene rings is 1. The number of carboxylic acids is 1. The summed E-state index contributed by atoms with van der Waals surface area (Å²) in [5.41, 5.74) is 0.606. The number of aromatic nitrogens is 2. The molecule has 0 aliphatic rings. The van der Waals surface area contributed by atoms with Crippen LogP contribution in [0.15, 0.2) is 59.5 Å². The van der Waals surface area contributed by atoms with Gasteiger partial charge in [-0.15, -0.1) is 0 Å². The zero-order valence-corrected chi connectivity index (χ0v) is 11.1. The predicted molar refractivity (Wildman–Crippen MR) is 78.5 cm³/mol. The Hall–Kier alpha value is -2.95. The third-order valence-electron chi connectivity index (χ3n) is 3.26. The molecule has 0 fully saturated rings. The Morgan fingerprint density at radius 3 is 2.62 bits per heavy atom. The van der Waals surface area contributed by atoms with Gasteiger partial charge in [0.1, 0.15) is 11.2 Å². The molecule has 0 bridgehead atoms. The maximum atomic E-state index is 12.4. The second-order valence-corrected chi connectivity index (χ2v) is 4.66. The van der Waals surface area contributed by atoms with Gasteiger partial charge in [-0.2, -0.15) is 0 Å². The van der Waals surface area contributed by atoms with Crippen molar-refractivity contribution in [1.29, 1.82) is 0 Å². The molecule has 5 nitrogen and oxygen atoms in total. The summed E-state index contributed by atoms with van der Waals surface area (Å²) in [7, 11) is 0. The highest BCUT2D eigenvalue weighted by Gasteiger charge is 2.15. The summed E-state index contributed by atoms with van der Waals surface area (Å²) in [5.74, 6) is -1.23. The molecule has 0 aliphatic carbocycles. The molecule has 21 heavy (non-hydrogen) atoms. The van der Waals surface area contributed by atoms with Crippen LogP contribution < -0.4 is 5.56 Å². The van der Waals surface area contributed by atoms with Crippen molar-refractivity contribution in [3.63, 3.8) is 0 Å². The summed E-state index contributed by atoms with van der Waals surface area (Å²) in [5, 5.41) is 9.81. The molecule has 0 aliphatic heterocycles. The van der Waals surface area contributed by atoms with Crippen LogP contribution in [0.25, 0.3) is 11.0 Å². The zero-order valence-electron chi connectivity index (χ0n) is 11.1. The van der Waals surface area contributed by atoms with E-state index in [4.69, 9.17) is 0 Å². The first-order chi connectivity index (χ1) is 10.2. The molecule has 0 saturated heterocycles. The monoisotopic (exact) mass is 280 g/mol. The number of hydrogen-bond donors (Lipinski definition) is 1. The summed E-state index contributed by atoms with van der Waals surface area (Å²) >= 11 is 0. The minimum atomic E-state index is -1.23. The van der Waals surface area contributed by atoms with E-state index in [1.54, 1.807) is 18.3 Å². The number of hydrogen-bond acceptors (Lipinski definition) is 3. The lowest BCUT2D eigenvalue weighted by atomic mass is 10.1. The Labute approximate surface area is 120 Å². The van der Waals surface area contributed by atoms with Crippen LogP contribution in [-0.4, -0.2) is 20.6 Å². The Balaban J connectivity index is 2.26. The van der Waals surface area contributed by atoms with Gasteiger partial charge in [0.05, 0.1) is 6.54 Å². The van der Waals surface area contributed by atoms with Crippen molar-refractivity contribution in [3.8, 4) is 0 Å². The van der Waals surface area contributed by atoms with Crippen LogP contribution in [-0.2, 0) is 6.54 Å². The minimum absolute atomic E-state index is 0.244. The molecule has 1 aromatic carbocycles. The fourth-order valence-corrected chi connectivity index (χ4v) is 2.27. The number of nitrogens with zero attached hydrogens (tertiary/aromatic N) is 2. The van der Waals surface area contributed by atoms with E-state index in [1.165, 1.54) is 10.6 Å². The topological polar surface area (TPSA) is 72.2 Å². The number of carbonyl (C=O) groups is 1. The first-order valence-corrected chi connectivity index (χ1v) is 6.42. The van der Waals surface area contributed by atoms with E-state index < -0.39 is 11.5 Å². The molecule has 1 N–H and O–H groups in total. The average Bonchev–Trinajstić information content (AvgIpc) is 2.50. The number of carboxylic acid groups (broad SMARTS) is 1. The van der Waals surface area contributed by atoms with E-state index in [1.807, 2.05) is 30.3 Å². The third-order valence-corrected chi connectivity index (χ3v) is 3.26. The molecule has 0 spiro atoms. The molecular weight excluding hydrogens is 268 g/mol. The van der Waals surface area contributed by atoms with Crippen LogP contribution >= 0.6 is 0 Å². The smallest absolute Gasteiger partial charge is 0.341 e. The zero-order chi connectivity index (χ0) is 14.8. The van der Waals surface area contributed by atoms with Gasteiger partial charge in [0, 0.05) is 11.6 Å². The van der Waals surface area contributed by atoms with Gasteiger partial charge in [-0.3, -0.25) is 9.36 Å². The fraction of sp³-hybridized carbons (Fsp3) is 0.0625. The molecule has 0 unspecified atom stereocenters. The van der Waals surface area contributed by atoms with E-state index in [0.717, 1.165) is 5.56 Å². The normalized spacial score (nSPS) is 10.7. The highest BCUT2D eigenvalue weighted by molar-refractivity contribution is 5.91. The van der Waals surface area contributed by atoms with E-state index in [0.29, 0.717) is 11.0 Å². The molecule has 0 amide bonds. The standard InChI is InChI=1S/C16H12N2O3/c19-15-13(16(20)21)9-12-7-4-8-17-14(12)18(15)10-11-5-2-1-3-6-11/h1-9H,10H2,(H,20,21). The van der Waals surface area contributed by atoms with Crippen LogP contribution in [0, 0.1) is 0 Å². The van der Waals surface area contributed by atoms with Crippen LogP contribution in [0.4, 0.5) is 0 Å². The van der Waals surface area contributed by atoms with Crippen molar-refractivity contribution in [2.45, 2.75) is 6.54 Å². The fourth-order valence-electron chi connectivity index (χ4n) is 2.27. The quantitative estimate of drug-likeness (QED) is 0.797. The highest BCUT2D eigenvalue weighted by Crippen LogP contribution is 2.12. The van der Waals surface area contributed by atoms with Gasteiger partial charge in [0.15, 0.2) is 0 Å². The molecule has 104 valence electrons. The molecule has 3 rings (SSSR count). The Kier molecular flexibility index (Phi) is 3.23. The average molecular weight is 280 g/mol. The van der Waals surface area contributed by atoms with E-state index in [-0.39, 0.29) is 12.1 Å². The predicted octanol–water partition coefficient (Wildman–Crippen LogP) is 2.14. The van der Waals surface area contributed by atoms with Gasteiger partial charge in [-0.1, -0.05) is 30.3 Å². The highest BCUT2D eigenvalue weighted by atomic mass is 16.4. The van der Waals surface area contributed by atoms with Crippen LogP contribution in [0.3, 0.4) is 0 Å².